The van der Waals surface area contributed by atoms with E-state index in [1.165, 1.54) is 4.90 Å². The number of allylic oxidation sites excluding steroid dienone is 1. The van der Waals surface area contributed by atoms with E-state index in [4.69, 9.17) is 21.1 Å². The average Bonchev–Trinajstić information content (AvgIpc) is 3.24. The molecule has 1 N–H and O–H groups in total. The number of hydrogen-bond donors (Lipinski definition) is 1. The number of carbonyl (C=O) groups excluding carboxylic acids is 3. The molecule has 1 spiro atoms. The van der Waals surface area contributed by atoms with E-state index in [0.717, 1.165) is 19.3 Å². The second-order valence-corrected chi connectivity index (χ2v) is 11.7. The molecule has 0 aromatic heterocycles. The molecule has 0 aliphatic carbocycles. The van der Waals surface area contributed by atoms with Gasteiger partial charge in [-0.05, 0) is 44.2 Å². The number of aliphatic hydroxyl groups excluding tert-OH is 1. The number of likely N-dealkylation sites (tertiary alicyclic amines) is 1. The Hall–Kier alpha value is -2.68. The largest absolute Gasteiger partial charge is 0.465 e. The molecular formula is C30H37ClN2O6. The summed E-state index contributed by atoms with van der Waals surface area (Å²) in [4.78, 5) is 45.8. The molecule has 2 fully saturated rings. The fourth-order valence-electron chi connectivity index (χ4n) is 6.80. The van der Waals surface area contributed by atoms with Crippen molar-refractivity contribution in [2.75, 3.05) is 24.7 Å². The number of aliphatic hydroxyl groups is 1. The lowest BCUT2D eigenvalue weighted by molar-refractivity contribution is -0.160. The van der Waals surface area contributed by atoms with Crippen molar-refractivity contribution in [2.24, 2.45) is 17.8 Å². The molecule has 0 bridgehead atoms. The van der Waals surface area contributed by atoms with Crippen LogP contribution in [0.25, 0.3) is 0 Å². The summed E-state index contributed by atoms with van der Waals surface area (Å²) in [5.41, 5.74) is -2.07. The zero-order valence-corrected chi connectivity index (χ0v) is 23.5. The lowest BCUT2D eigenvalue weighted by Gasteiger charge is -2.41. The molecule has 7 atom stereocenters. The number of benzene rings is 1. The minimum absolute atomic E-state index is 0.106. The second kappa shape index (κ2) is 10.7. The topological polar surface area (TPSA) is 96.4 Å². The van der Waals surface area contributed by atoms with Crippen LogP contribution in [0.3, 0.4) is 0 Å². The maximum absolute atomic E-state index is 14.6. The monoisotopic (exact) mass is 556 g/mol. The quantitative estimate of drug-likeness (QED) is 0.436. The van der Waals surface area contributed by atoms with Gasteiger partial charge in [0.1, 0.15) is 17.6 Å². The van der Waals surface area contributed by atoms with Crippen molar-refractivity contribution >= 4 is 35.1 Å². The molecule has 4 aliphatic rings. The Morgan fingerprint density at radius 2 is 1.87 bits per heavy atom. The molecule has 4 heterocycles. The molecule has 0 saturated carbocycles. The van der Waals surface area contributed by atoms with Gasteiger partial charge in [0.05, 0.1) is 41.5 Å². The van der Waals surface area contributed by atoms with Gasteiger partial charge in [0.2, 0.25) is 5.91 Å². The number of amides is 2. The summed E-state index contributed by atoms with van der Waals surface area (Å²) in [5, 5.41) is 10.9. The van der Waals surface area contributed by atoms with Crippen molar-refractivity contribution in [3.8, 4) is 0 Å². The maximum Gasteiger partial charge on any atom is 0.313 e. The van der Waals surface area contributed by atoms with Gasteiger partial charge in [-0.25, -0.2) is 0 Å². The van der Waals surface area contributed by atoms with E-state index < -0.39 is 41.1 Å². The van der Waals surface area contributed by atoms with E-state index >= 15 is 0 Å². The highest BCUT2D eigenvalue weighted by molar-refractivity contribution is 6.34. The molecule has 210 valence electrons. The Kier molecular flexibility index (Phi) is 7.65. The average molecular weight is 557 g/mol. The van der Waals surface area contributed by atoms with Crippen LogP contribution in [0.4, 0.5) is 5.69 Å². The Morgan fingerprint density at radius 3 is 2.59 bits per heavy atom. The van der Waals surface area contributed by atoms with Crippen molar-refractivity contribution in [1.29, 1.82) is 0 Å². The summed E-state index contributed by atoms with van der Waals surface area (Å²) in [6.45, 7) is 5.88. The number of esters is 1. The predicted molar refractivity (Wildman–Crippen MR) is 147 cm³/mol. The maximum atomic E-state index is 14.6. The van der Waals surface area contributed by atoms with Crippen LogP contribution in [0.2, 0.25) is 5.02 Å². The van der Waals surface area contributed by atoms with Crippen LogP contribution >= 0.6 is 11.6 Å². The van der Waals surface area contributed by atoms with Gasteiger partial charge in [-0.3, -0.25) is 14.4 Å². The molecule has 1 aromatic rings. The van der Waals surface area contributed by atoms with Crippen molar-refractivity contribution in [2.45, 2.75) is 69.7 Å². The van der Waals surface area contributed by atoms with Gasteiger partial charge < -0.3 is 24.4 Å². The first kappa shape index (κ1) is 27.9. The van der Waals surface area contributed by atoms with E-state index in [2.05, 4.69) is 0 Å². The third-order valence-corrected chi connectivity index (χ3v) is 9.25. The highest BCUT2D eigenvalue weighted by Crippen LogP contribution is 2.58. The third-order valence-electron chi connectivity index (χ3n) is 8.93. The van der Waals surface area contributed by atoms with Gasteiger partial charge in [-0.2, -0.15) is 0 Å². The molecule has 1 aromatic carbocycles. The van der Waals surface area contributed by atoms with Crippen LogP contribution in [0.15, 0.2) is 48.6 Å². The van der Waals surface area contributed by atoms with Crippen molar-refractivity contribution in [1.82, 2.24) is 4.90 Å². The number of nitrogens with zero attached hydrogens (tertiary/aromatic N) is 2. The summed E-state index contributed by atoms with van der Waals surface area (Å²) in [6.07, 6.45) is 10.5. The van der Waals surface area contributed by atoms with Crippen molar-refractivity contribution < 1.29 is 29.0 Å². The van der Waals surface area contributed by atoms with Crippen molar-refractivity contribution in [3.05, 3.63) is 53.6 Å². The Labute approximate surface area is 234 Å². The van der Waals surface area contributed by atoms with E-state index in [1.807, 2.05) is 32.1 Å². The predicted octanol–water partition coefficient (Wildman–Crippen LogP) is 3.90. The number of ether oxygens (including phenoxy) is 2. The molecule has 8 nitrogen and oxygen atoms in total. The number of halogens is 1. The van der Waals surface area contributed by atoms with Gasteiger partial charge in [0.15, 0.2) is 0 Å². The number of anilines is 1. The molecule has 0 radical (unpaired) electrons. The minimum atomic E-state index is -1.43. The molecule has 2 amide bonds. The van der Waals surface area contributed by atoms with E-state index in [0.29, 0.717) is 17.1 Å². The first-order chi connectivity index (χ1) is 18.7. The number of fused-ring (bicyclic) bond motifs is 2. The van der Waals surface area contributed by atoms with E-state index in [9.17, 15) is 19.5 Å². The first-order valence-corrected chi connectivity index (χ1v) is 14.3. The van der Waals surface area contributed by atoms with Crippen LogP contribution in [-0.2, 0) is 23.9 Å². The fourth-order valence-corrected chi connectivity index (χ4v) is 7.03. The molecule has 2 saturated heterocycles. The van der Waals surface area contributed by atoms with Crippen LogP contribution < -0.4 is 4.90 Å². The smallest absolute Gasteiger partial charge is 0.313 e. The summed E-state index contributed by atoms with van der Waals surface area (Å²) < 4.78 is 12.5. The molecule has 5 rings (SSSR count). The summed E-state index contributed by atoms with van der Waals surface area (Å²) in [5.74, 6) is -3.30. The molecule has 4 aliphatic heterocycles. The number of hydrogen-bond acceptors (Lipinski definition) is 6. The van der Waals surface area contributed by atoms with E-state index in [-0.39, 0.29) is 37.5 Å². The minimum Gasteiger partial charge on any atom is -0.465 e. The standard InChI is InChI=1S/C30H37ClN2O6/c1-4-19(2)22(18-34)33-25-27(36)32(21-13-8-7-12-20(21)31)16-11-15-30(25)23(26(33)35)24-28(37)38-17-10-6-5-9-14-29(24,3)39-30/h7-9,11-15,19,22-25,34H,4-6,10,16-18H2,1-3H3/b14-9-/t19-,22-,23-,24+,25?,29-,30-/m0/s1. The van der Waals surface area contributed by atoms with Gasteiger partial charge in [-0.15, -0.1) is 0 Å². The SMILES string of the molecule is CC[C@H](C)[C@H](CO)N1C(=O)[C@@H]2[C@@H]3C(=O)OCCCC/C=C\[C@]3(C)O[C@@]23C=CCN(c2ccccc2Cl)C(=O)C13. The lowest BCUT2D eigenvalue weighted by Crippen LogP contribution is -2.60. The fraction of sp³-hybridized carbons (Fsp3) is 0.567. The van der Waals surface area contributed by atoms with Crippen LogP contribution in [0, 0.1) is 17.8 Å². The van der Waals surface area contributed by atoms with Gasteiger partial charge in [-0.1, -0.05) is 68.3 Å². The number of cyclic esters (lactones) is 1. The highest BCUT2D eigenvalue weighted by Gasteiger charge is 2.75. The zero-order valence-electron chi connectivity index (χ0n) is 22.7. The highest BCUT2D eigenvalue weighted by atomic mass is 35.5. The Morgan fingerprint density at radius 1 is 1.10 bits per heavy atom. The first-order valence-electron chi connectivity index (χ1n) is 13.9. The van der Waals surface area contributed by atoms with Crippen LogP contribution in [0.1, 0.15) is 46.5 Å². The summed E-state index contributed by atoms with van der Waals surface area (Å²) in [6, 6.07) is 5.33. The van der Waals surface area contributed by atoms with E-state index in [1.54, 1.807) is 42.2 Å². The van der Waals surface area contributed by atoms with Gasteiger partial charge >= 0.3 is 5.97 Å². The Balaban J connectivity index is 1.70. The molecular weight excluding hydrogens is 520 g/mol. The number of carbonyl (C=O) groups is 3. The van der Waals surface area contributed by atoms with Crippen LogP contribution in [-0.4, -0.2) is 70.8 Å². The molecule has 39 heavy (non-hydrogen) atoms. The second-order valence-electron chi connectivity index (χ2n) is 11.2. The van der Waals surface area contributed by atoms with Crippen LogP contribution in [0.5, 0.6) is 0 Å². The lowest BCUT2D eigenvalue weighted by atomic mass is 9.74. The summed E-state index contributed by atoms with van der Waals surface area (Å²) in [7, 11) is 0. The van der Waals surface area contributed by atoms with Crippen molar-refractivity contribution in [3.63, 3.8) is 0 Å². The zero-order chi connectivity index (χ0) is 27.9. The normalized spacial score (nSPS) is 35.0. The number of rotatable bonds is 5. The van der Waals surface area contributed by atoms with Gasteiger partial charge in [0.25, 0.3) is 5.91 Å². The number of para-hydroxylation sites is 1. The Bertz CT molecular complexity index is 1200. The third kappa shape index (κ3) is 4.41. The summed E-state index contributed by atoms with van der Waals surface area (Å²) >= 11 is 6.52. The van der Waals surface area contributed by atoms with Gasteiger partial charge in [0, 0.05) is 6.54 Å². The molecule has 1 unspecified atom stereocenters. The molecule has 9 heteroatoms.